The monoisotopic (exact) mass is 1500 g/mol. The van der Waals surface area contributed by atoms with Crippen molar-refractivity contribution in [3.63, 3.8) is 0 Å². The number of rotatable bonds is 66. The summed E-state index contributed by atoms with van der Waals surface area (Å²) in [5, 5.41) is 4.02. The summed E-state index contributed by atoms with van der Waals surface area (Å²) in [4.78, 5) is 0.189. The number of benzene rings is 4. The second kappa shape index (κ2) is 63.3. The zero-order valence-corrected chi connectivity index (χ0v) is 70.1. The van der Waals surface area contributed by atoms with Gasteiger partial charge in [-0.1, -0.05) is 436 Å². The standard InChI is InChI=1S/2C44H76O3S.Ba/c2*1-3-5-7-9-11-13-15-17-19-21-23-25-27-29-31-36-41-39-40-35-33-34-37-42(40)43(44(41)48(45,46)47)38-32-30-28-26-24-22-20-18-16-14-12-10-8-6-4-2;/h2*33-35,37,39H,3-32,36,38H2,1-2H3,(H,45,46,47);/q;;+2/p-2. The molecule has 0 aliphatic rings. The first-order valence-electron chi connectivity index (χ1n) is 42.0. The zero-order chi connectivity index (χ0) is 69.1. The predicted molar refractivity (Wildman–Crippen MR) is 424 cm³/mol. The van der Waals surface area contributed by atoms with E-state index in [9.17, 15) is 25.9 Å². The van der Waals surface area contributed by atoms with Gasteiger partial charge in [0.15, 0.2) is 0 Å². The Balaban J connectivity index is 0.000000653. The predicted octanol–water partition coefficient (Wildman–Crippen LogP) is 28.8. The van der Waals surface area contributed by atoms with Crippen LogP contribution in [0.4, 0.5) is 0 Å². The molecule has 0 N–H and O–H groups in total. The largest absolute Gasteiger partial charge is 2.00 e. The number of fused-ring (bicyclic) bond motifs is 2. The normalized spacial score (nSPS) is 11.9. The topological polar surface area (TPSA) is 114 Å². The molecule has 97 heavy (non-hydrogen) atoms. The van der Waals surface area contributed by atoms with Crippen LogP contribution in [0.5, 0.6) is 0 Å². The van der Waals surface area contributed by atoms with Crippen molar-refractivity contribution in [2.45, 2.75) is 448 Å². The smallest absolute Gasteiger partial charge is 0.744 e. The maximum Gasteiger partial charge on any atom is 2.00 e. The van der Waals surface area contributed by atoms with Gasteiger partial charge in [-0.05, 0) is 107 Å². The molecule has 0 aromatic heterocycles. The van der Waals surface area contributed by atoms with Crippen molar-refractivity contribution < 1.29 is 25.9 Å². The number of unbranched alkanes of at least 4 members (excludes halogenated alkanes) is 56. The molecular weight excluding hydrogens is 1350 g/mol. The average Bonchev–Trinajstić information content (AvgIpc) is 0.777. The van der Waals surface area contributed by atoms with Crippen LogP contribution in [0, 0.1) is 0 Å². The molecule has 552 valence electrons. The zero-order valence-electron chi connectivity index (χ0n) is 64.0. The molecule has 0 aliphatic heterocycles. The first-order valence-corrected chi connectivity index (χ1v) is 44.8. The second-order valence-corrected chi connectivity index (χ2v) is 32.5. The molecule has 0 atom stereocenters. The van der Waals surface area contributed by atoms with Crippen LogP contribution in [0.3, 0.4) is 0 Å². The molecule has 6 nitrogen and oxygen atoms in total. The summed E-state index contributed by atoms with van der Waals surface area (Å²) in [6.07, 6.45) is 81.1. The van der Waals surface area contributed by atoms with Gasteiger partial charge in [-0.25, -0.2) is 16.8 Å². The SMILES string of the molecule is CCCCCCCCCCCCCCCCCc1cc2ccccc2c(CCCCCCCCCCCCCCCCC)c1S(=O)(=O)[O-].CCCCCCCCCCCCCCCCCc1cc2ccccc2c(CCCCCCCCCCCCCCCCC)c1S(=O)(=O)[O-].[Ba+2]. The Hall–Kier alpha value is -1.21. The third kappa shape index (κ3) is 46.3. The van der Waals surface area contributed by atoms with Crippen molar-refractivity contribution in [1.82, 2.24) is 0 Å². The Morgan fingerprint density at radius 3 is 0.588 bits per heavy atom. The van der Waals surface area contributed by atoms with Gasteiger partial charge in [-0.3, -0.25) is 0 Å². The Morgan fingerprint density at radius 1 is 0.237 bits per heavy atom. The Kier molecular flexibility index (Phi) is 59.9. The van der Waals surface area contributed by atoms with Crippen LogP contribution >= 0.6 is 0 Å². The van der Waals surface area contributed by atoms with Crippen molar-refractivity contribution in [3.05, 3.63) is 82.9 Å². The van der Waals surface area contributed by atoms with Gasteiger partial charge in [0.05, 0.1) is 9.79 Å². The van der Waals surface area contributed by atoms with E-state index in [2.05, 4.69) is 39.8 Å². The van der Waals surface area contributed by atoms with Crippen LogP contribution in [0.15, 0.2) is 70.5 Å². The fraction of sp³-hybridized carbons (Fsp3) is 0.773. The van der Waals surface area contributed by atoms with Gasteiger partial charge in [0, 0.05) is 0 Å². The summed E-state index contributed by atoms with van der Waals surface area (Å²) in [5.41, 5.74) is 3.03. The van der Waals surface area contributed by atoms with Crippen molar-refractivity contribution in [2.24, 2.45) is 0 Å². The van der Waals surface area contributed by atoms with Crippen LogP contribution in [-0.2, 0) is 45.9 Å². The number of hydrogen-bond acceptors (Lipinski definition) is 6. The second-order valence-electron chi connectivity index (χ2n) is 29.8. The van der Waals surface area contributed by atoms with Gasteiger partial charge in [-0.15, -0.1) is 0 Å². The van der Waals surface area contributed by atoms with E-state index in [1.165, 1.54) is 334 Å². The summed E-state index contributed by atoms with van der Waals surface area (Å²) in [6, 6.07) is 20.1. The van der Waals surface area contributed by atoms with Crippen molar-refractivity contribution in [3.8, 4) is 0 Å². The third-order valence-corrected chi connectivity index (χ3v) is 23.0. The fourth-order valence-electron chi connectivity index (χ4n) is 15.1. The molecule has 4 aromatic carbocycles. The van der Waals surface area contributed by atoms with Crippen LogP contribution in [0.1, 0.15) is 435 Å². The number of hydrogen-bond donors (Lipinski definition) is 0. The van der Waals surface area contributed by atoms with Crippen molar-refractivity contribution in [2.75, 3.05) is 0 Å². The molecule has 0 fully saturated rings. The van der Waals surface area contributed by atoms with E-state index >= 15 is 0 Å². The maximum absolute atomic E-state index is 12.7. The molecule has 9 heteroatoms. The maximum atomic E-state index is 12.7. The summed E-state index contributed by atoms with van der Waals surface area (Å²) >= 11 is 0. The molecule has 4 rings (SSSR count). The first-order chi connectivity index (χ1) is 47.0. The summed E-state index contributed by atoms with van der Waals surface area (Å²) in [5.74, 6) is 0. The minimum atomic E-state index is -4.55. The van der Waals surface area contributed by atoms with Crippen molar-refractivity contribution in [1.29, 1.82) is 0 Å². The summed E-state index contributed by atoms with van der Waals surface area (Å²) in [7, 11) is -9.09. The fourth-order valence-corrected chi connectivity index (χ4v) is 17.1. The molecule has 0 heterocycles. The van der Waals surface area contributed by atoms with Crippen LogP contribution < -0.4 is 0 Å². The van der Waals surface area contributed by atoms with E-state index in [1.807, 2.05) is 48.5 Å². The van der Waals surface area contributed by atoms with E-state index in [1.54, 1.807) is 0 Å². The van der Waals surface area contributed by atoms with E-state index in [0.717, 1.165) is 95.2 Å². The van der Waals surface area contributed by atoms with E-state index < -0.39 is 20.2 Å². The molecule has 0 aliphatic carbocycles. The molecule has 0 radical (unpaired) electrons. The van der Waals surface area contributed by atoms with E-state index in [-0.39, 0.29) is 58.7 Å². The summed E-state index contributed by atoms with van der Waals surface area (Å²) in [6.45, 7) is 9.11. The van der Waals surface area contributed by atoms with Crippen molar-refractivity contribution >= 4 is 90.7 Å². The molecule has 4 aromatic rings. The number of aryl methyl sites for hydroxylation is 4. The Bertz CT molecular complexity index is 2500. The Labute approximate surface area is 642 Å². The van der Waals surface area contributed by atoms with Gasteiger partial charge in [-0.2, -0.15) is 0 Å². The summed E-state index contributed by atoms with van der Waals surface area (Å²) < 4.78 is 76.1. The van der Waals surface area contributed by atoms with E-state index in [4.69, 9.17) is 0 Å². The molecule has 0 saturated carbocycles. The molecule has 0 spiro atoms. The first kappa shape index (κ1) is 91.9. The minimum absolute atomic E-state index is 0. The Morgan fingerprint density at radius 2 is 0.402 bits per heavy atom. The van der Waals surface area contributed by atoms with E-state index in [0.29, 0.717) is 25.7 Å². The molecule has 0 amide bonds. The van der Waals surface area contributed by atoms with Crippen LogP contribution in [0.2, 0.25) is 0 Å². The van der Waals surface area contributed by atoms with Gasteiger partial charge in [0.25, 0.3) is 0 Å². The molecule has 0 unspecified atom stereocenters. The molecular formula is C88H150BaO6S2. The molecule has 0 bridgehead atoms. The average molecular weight is 1510 g/mol. The van der Waals surface area contributed by atoms with Crippen LogP contribution in [-0.4, -0.2) is 74.8 Å². The van der Waals surface area contributed by atoms with Gasteiger partial charge in [0.1, 0.15) is 20.2 Å². The van der Waals surface area contributed by atoms with Gasteiger partial charge in [0.2, 0.25) is 0 Å². The van der Waals surface area contributed by atoms with Gasteiger partial charge < -0.3 is 9.11 Å². The molecule has 0 saturated heterocycles. The minimum Gasteiger partial charge on any atom is -0.744 e. The van der Waals surface area contributed by atoms with Gasteiger partial charge >= 0.3 is 48.9 Å². The quantitative estimate of drug-likeness (QED) is 0.0247. The van der Waals surface area contributed by atoms with Crippen LogP contribution in [0.25, 0.3) is 21.5 Å². The third-order valence-electron chi connectivity index (χ3n) is 21.0.